The van der Waals surface area contributed by atoms with Gasteiger partial charge in [-0.2, -0.15) is 0 Å². The number of aromatic nitrogens is 1. The number of hydrogen-bond donors (Lipinski definition) is 1. The maximum absolute atomic E-state index is 14.2. The summed E-state index contributed by atoms with van der Waals surface area (Å²) in [4.78, 5) is 4.03. The van der Waals surface area contributed by atoms with E-state index < -0.39 is 0 Å². The molecule has 0 amide bonds. The number of halogens is 1. The van der Waals surface area contributed by atoms with Crippen molar-refractivity contribution in [3.63, 3.8) is 0 Å². The monoisotopic (exact) mass is 304 g/mol. The topological polar surface area (TPSA) is 47.3 Å². The molecule has 1 saturated heterocycles. The van der Waals surface area contributed by atoms with Gasteiger partial charge in [0.2, 0.25) is 5.89 Å². The molecule has 5 heteroatoms. The number of rotatable bonds is 5. The first kappa shape index (κ1) is 15.2. The third kappa shape index (κ3) is 3.54. The second-order valence-electron chi connectivity index (χ2n) is 5.79. The maximum atomic E-state index is 14.2. The Labute approximate surface area is 129 Å². The average Bonchev–Trinajstić information content (AvgIpc) is 3.08. The number of benzene rings is 1. The highest BCUT2D eigenvalue weighted by atomic mass is 19.1. The van der Waals surface area contributed by atoms with Crippen LogP contribution in [0.15, 0.2) is 35.1 Å². The van der Waals surface area contributed by atoms with E-state index in [1.54, 1.807) is 12.3 Å². The molecule has 2 atom stereocenters. The normalized spacial score (nSPS) is 20.0. The lowest BCUT2D eigenvalue weighted by Gasteiger charge is -2.28. The van der Waals surface area contributed by atoms with Crippen molar-refractivity contribution in [2.24, 2.45) is 5.92 Å². The van der Waals surface area contributed by atoms with Crippen LogP contribution in [-0.4, -0.2) is 24.2 Å². The zero-order chi connectivity index (χ0) is 15.4. The molecule has 1 aromatic carbocycles. The minimum absolute atomic E-state index is 0.240. The minimum Gasteiger partial charge on any atom is -0.445 e. The lowest BCUT2D eigenvalue weighted by Crippen LogP contribution is -2.37. The zero-order valence-electron chi connectivity index (χ0n) is 12.7. The van der Waals surface area contributed by atoms with Crippen molar-refractivity contribution in [2.45, 2.75) is 32.4 Å². The summed E-state index contributed by atoms with van der Waals surface area (Å²) in [5, 5.41) is 3.40. The van der Waals surface area contributed by atoms with Gasteiger partial charge in [-0.3, -0.25) is 0 Å². The molecule has 1 aromatic heterocycles. The number of oxazole rings is 1. The van der Waals surface area contributed by atoms with Gasteiger partial charge in [-0.05, 0) is 37.8 Å². The van der Waals surface area contributed by atoms with E-state index in [0.29, 0.717) is 35.5 Å². The molecule has 22 heavy (non-hydrogen) atoms. The average molecular weight is 304 g/mol. The van der Waals surface area contributed by atoms with E-state index in [0.717, 1.165) is 19.6 Å². The van der Waals surface area contributed by atoms with Crippen molar-refractivity contribution < 1.29 is 13.5 Å². The Morgan fingerprint density at radius 1 is 1.45 bits per heavy atom. The van der Waals surface area contributed by atoms with Crippen LogP contribution in [0.5, 0.6) is 0 Å². The van der Waals surface area contributed by atoms with E-state index >= 15 is 0 Å². The van der Waals surface area contributed by atoms with Gasteiger partial charge in [0.15, 0.2) is 0 Å². The number of nitrogens with one attached hydrogen (secondary N) is 1. The van der Waals surface area contributed by atoms with Crippen LogP contribution in [0.25, 0.3) is 11.5 Å². The van der Waals surface area contributed by atoms with Gasteiger partial charge < -0.3 is 14.5 Å². The molecule has 1 aliphatic rings. The van der Waals surface area contributed by atoms with E-state index in [-0.39, 0.29) is 5.82 Å². The highest BCUT2D eigenvalue weighted by molar-refractivity contribution is 5.53. The molecule has 0 bridgehead atoms. The fourth-order valence-electron chi connectivity index (χ4n) is 2.79. The van der Waals surface area contributed by atoms with Gasteiger partial charge in [-0.15, -0.1) is 0 Å². The van der Waals surface area contributed by atoms with Crippen LogP contribution in [0.4, 0.5) is 4.39 Å². The van der Waals surface area contributed by atoms with Crippen molar-refractivity contribution in [2.75, 3.05) is 13.2 Å². The summed E-state index contributed by atoms with van der Waals surface area (Å²) in [5.41, 5.74) is 1.30. The molecule has 1 fully saturated rings. The van der Waals surface area contributed by atoms with Gasteiger partial charge in [-0.25, -0.2) is 9.37 Å². The Balaban J connectivity index is 1.60. The molecule has 0 saturated carbocycles. The summed E-state index contributed by atoms with van der Waals surface area (Å²) in [7, 11) is 0. The second-order valence-corrected chi connectivity index (χ2v) is 5.79. The standard InChI is InChI=1S/C17H21FN2O2/c1-12(15-3-2-7-21-11-15)20-10-14-5-4-13(9-16(14)18)17-19-6-8-22-17/h4-6,8-9,12,15,20H,2-3,7,10-11H2,1H3/t12-,15+/m1/s1. The smallest absolute Gasteiger partial charge is 0.225 e. The van der Waals surface area contributed by atoms with Gasteiger partial charge >= 0.3 is 0 Å². The molecule has 0 unspecified atom stereocenters. The van der Waals surface area contributed by atoms with Crippen LogP contribution in [0.1, 0.15) is 25.3 Å². The quantitative estimate of drug-likeness (QED) is 0.920. The first-order chi connectivity index (χ1) is 10.7. The summed E-state index contributed by atoms with van der Waals surface area (Å²) in [6, 6.07) is 5.40. The third-order valence-electron chi connectivity index (χ3n) is 4.25. The molecule has 0 aliphatic carbocycles. The third-order valence-corrected chi connectivity index (χ3v) is 4.25. The van der Waals surface area contributed by atoms with Crippen LogP contribution in [0.2, 0.25) is 0 Å². The first-order valence-electron chi connectivity index (χ1n) is 7.73. The summed E-state index contributed by atoms with van der Waals surface area (Å²) in [6.45, 7) is 4.30. The minimum atomic E-state index is -0.240. The predicted molar refractivity (Wildman–Crippen MR) is 81.7 cm³/mol. The van der Waals surface area contributed by atoms with Gasteiger partial charge in [0.05, 0.1) is 12.8 Å². The number of ether oxygens (including phenoxy) is 1. The Bertz CT molecular complexity index is 595. The summed E-state index contributed by atoms with van der Waals surface area (Å²) in [6.07, 6.45) is 5.31. The molecule has 1 N–H and O–H groups in total. The molecule has 0 spiro atoms. The predicted octanol–water partition coefficient (Wildman–Crippen LogP) is 3.39. The van der Waals surface area contributed by atoms with E-state index in [9.17, 15) is 4.39 Å². The molecule has 2 heterocycles. The molecule has 118 valence electrons. The lowest BCUT2D eigenvalue weighted by molar-refractivity contribution is 0.0417. The Morgan fingerprint density at radius 2 is 2.36 bits per heavy atom. The van der Waals surface area contributed by atoms with Crippen LogP contribution in [0, 0.1) is 11.7 Å². The van der Waals surface area contributed by atoms with Gasteiger partial charge in [-0.1, -0.05) is 6.07 Å². The Kier molecular flexibility index (Phi) is 4.85. The van der Waals surface area contributed by atoms with Crippen LogP contribution in [0.3, 0.4) is 0 Å². The van der Waals surface area contributed by atoms with E-state index in [4.69, 9.17) is 9.15 Å². The molecule has 0 radical (unpaired) electrons. The summed E-state index contributed by atoms with van der Waals surface area (Å²) >= 11 is 0. The van der Waals surface area contributed by atoms with Gasteiger partial charge in [0, 0.05) is 30.3 Å². The highest BCUT2D eigenvalue weighted by Gasteiger charge is 2.20. The fourth-order valence-corrected chi connectivity index (χ4v) is 2.79. The van der Waals surface area contributed by atoms with Gasteiger partial charge in [0.1, 0.15) is 12.1 Å². The van der Waals surface area contributed by atoms with Crippen molar-refractivity contribution >= 4 is 0 Å². The Hall–Kier alpha value is -1.72. The molecular formula is C17H21FN2O2. The first-order valence-corrected chi connectivity index (χ1v) is 7.73. The zero-order valence-corrected chi connectivity index (χ0v) is 12.7. The largest absolute Gasteiger partial charge is 0.445 e. The van der Waals surface area contributed by atoms with Crippen LogP contribution >= 0.6 is 0 Å². The molecule has 3 rings (SSSR count). The van der Waals surface area contributed by atoms with Crippen molar-refractivity contribution in [1.82, 2.24) is 10.3 Å². The number of hydrogen-bond acceptors (Lipinski definition) is 4. The van der Waals surface area contributed by atoms with Crippen molar-refractivity contribution in [1.29, 1.82) is 0 Å². The van der Waals surface area contributed by atoms with E-state index in [1.165, 1.54) is 18.8 Å². The highest BCUT2D eigenvalue weighted by Crippen LogP contribution is 2.21. The molecular weight excluding hydrogens is 283 g/mol. The SMILES string of the molecule is C[C@@H](NCc1ccc(-c2ncco2)cc1F)[C@H]1CCCOC1. The molecule has 4 nitrogen and oxygen atoms in total. The van der Waals surface area contributed by atoms with E-state index in [1.807, 2.05) is 6.07 Å². The second kappa shape index (κ2) is 7.03. The maximum Gasteiger partial charge on any atom is 0.225 e. The van der Waals surface area contributed by atoms with Crippen LogP contribution in [-0.2, 0) is 11.3 Å². The Morgan fingerprint density at radius 3 is 3.05 bits per heavy atom. The number of nitrogens with zero attached hydrogens (tertiary/aromatic N) is 1. The van der Waals surface area contributed by atoms with Crippen LogP contribution < -0.4 is 5.32 Å². The molecule has 2 aromatic rings. The lowest BCUT2D eigenvalue weighted by atomic mass is 9.95. The fraction of sp³-hybridized carbons (Fsp3) is 0.471. The van der Waals surface area contributed by atoms with Crippen molar-refractivity contribution in [3.8, 4) is 11.5 Å². The van der Waals surface area contributed by atoms with Gasteiger partial charge in [0.25, 0.3) is 0 Å². The summed E-state index contributed by atoms with van der Waals surface area (Å²) in [5.74, 6) is 0.699. The van der Waals surface area contributed by atoms with E-state index in [2.05, 4.69) is 17.2 Å². The van der Waals surface area contributed by atoms with Crippen molar-refractivity contribution in [3.05, 3.63) is 42.0 Å². The summed E-state index contributed by atoms with van der Waals surface area (Å²) < 4.78 is 24.9. The molecule has 1 aliphatic heterocycles.